The highest BCUT2D eigenvalue weighted by atomic mass is 16.5. The Morgan fingerprint density at radius 1 is 1.39 bits per heavy atom. The molecule has 23 heavy (non-hydrogen) atoms. The number of methoxy groups -OCH3 is 1. The van der Waals surface area contributed by atoms with Crippen molar-refractivity contribution in [3.8, 4) is 5.75 Å². The summed E-state index contributed by atoms with van der Waals surface area (Å²) in [6, 6.07) is 7.67. The number of H-pyrrole nitrogens is 1. The zero-order valence-corrected chi connectivity index (χ0v) is 13.9. The smallest absolute Gasteiger partial charge is 0.136 e. The lowest BCUT2D eigenvalue weighted by molar-refractivity contribution is -0.130. The van der Waals surface area contributed by atoms with Gasteiger partial charge in [-0.15, -0.1) is 0 Å². The molecule has 5 nitrogen and oxygen atoms in total. The number of ketones is 1. The molecule has 3 atom stereocenters. The number of hydrogen-bond acceptors (Lipinski definition) is 4. The maximum absolute atomic E-state index is 12.3. The zero-order valence-electron chi connectivity index (χ0n) is 13.9. The van der Waals surface area contributed by atoms with Gasteiger partial charge in [0.15, 0.2) is 0 Å². The number of carbonyl (C=O) groups is 1. The number of nitrogens with one attached hydrogen (secondary N) is 1. The largest absolute Gasteiger partial charge is 0.497 e. The Balaban J connectivity index is 2.19. The van der Waals surface area contributed by atoms with E-state index in [0.29, 0.717) is 6.42 Å². The van der Waals surface area contributed by atoms with Crippen molar-refractivity contribution in [1.29, 1.82) is 0 Å². The van der Waals surface area contributed by atoms with E-state index in [2.05, 4.69) is 10.2 Å². The summed E-state index contributed by atoms with van der Waals surface area (Å²) in [5.74, 6) is 0.0394. The Kier molecular flexibility index (Phi) is 3.76. The van der Waals surface area contributed by atoms with E-state index in [1.807, 2.05) is 31.2 Å². The molecule has 0 saturated carbocycles. The van der Waals surface area contributed by atoms with Crippen LogP contribution in [0, 0.1) is 12.8 Å². The van der Waals surface area contributed by atoms with Crippen LogP contribution in [0.25, 0.3) is 0 Å². The highest BCUT2D eigenvalue weighted by molar-refractivity contribution is 5.82. The molecule has 1 heterocycles. The highest BCUT2D eigenvalue weighted by Gasteiger charge is 2.48. The fourth-order valence-corrected chi connectivity index (χ4v) is 3.85. The average Bonchev–Trinajstić information content (AvgIpc) is 2.85. The van der Waals surface area contributed by atoms with Gasteiger partial charge in [-0.1, -0.05) is 12.1 Å². The van der Waals surface area contributed by atoms with Crippen LogP contribution in [-0.4, -0.2) is 33.8 Å². The maximum atomic E-state index is 12.3. The van der Waals surface area contributed by atoms with Crippen LogP contribution in [0.15, 0.2) is 24.3 Å². The van der Waals surface area contributed by atoms with Gasteiger partial charge in [0, 0.05) is 23.6 Å². The minimum absolute atomic E-state index is 0.0120. The molecule has 0 fully saturated rings. The van der Waals surface area contributed by atoms with Gasteiger partial charge in [-0.2, -0.15) is 5.10 Å². The van der Waals surface area contributed by atoms with E-state index in [-0.39, 0.29) is 11.7 Å². The number of aryl methyl sites for hydroxylation is 1. The lowest BCUT2D eigenvalue weighted by Gasteiger charge is -2.41. The Bertz CT molecular complexity index is 731. The number of rotatable bonds is 3. The molecule has 1 aliphatic rings. The van der Waals surface area contributed by atoms with E-state index in [4.69, 9.17) is 4.74 Å². The number of benzene rings is 1. The molecule has 0 amide bonds. The number of aromatic amines is 1. The van der Waals surface area contributed by atoms with Gasteiger partial charge < -0.3 is 9.84 Å². The average molecular weight is 314 g/mol. The Labute approximate surface area is 135 Å². The van der Waals surface area contributed by atoms with Crippen molar-refractivity contribution in [2.75, 3.05) is 7.11 Å². The van der Waals surface area contributed by atoms with Crippen molar-refractivity contribution in [3.63, 3.8) is 0 Å². The van der Waals surface area contributed by atoms with Crippen molar-refractivity contribution in [1.82, 2.24) is 10.2 Å². The van der Waals surface area contributed by atoms with Crippen LogP contribution < -0.4 is 4.74 Å². The predicted molar refractivity (Wildman–Crippen MR) is 86.7 cm³/mol. The molecule has 0 unspecified atom stereocenters. The molecule has 5 heteroatoms. The Morgan fingerprint density at radius 3 is 2.61 bits per heavy atom. The van der Waals surface area contributed by atoms with Crippen LogP contribution in [0.1, 0.15) is 42.3 Å². The molecule has 0 spiro atoms. The monoisotopic (exact) mass is 314 g/mol. The van der Waals surface area contributed by atoms with E-state index in [0.717, 1.165) is 28.3 Å². The van der Waals surface area contributed by atoms with Crippen LogP contribution >= 0.6 is 0 Å². The van der Waals surface area contributed by atoms with Gasteiger partial charge in [-0.05, 0) is 38.5 Å². The summed E-state index contributed by atoms with van der Waals surface area (Å²) >= 11 is 0. The minimum Gasteiger partial charge on any atom is -0.497 e. The second-order valence-electron chi connectivity index (χ2n) is 6.58. The van der Waals surface area contributed by atoms with Crippen molar-refractivity contribution < 1.29 is 14.6 Å². The minimum atomic E-state index is -1.12. The van der Waals surface area contributed by atoms with Gasteiger partial charge in [0.25, 0.3) is 0 Å². The number of hydrogen-bond donors (Lipinski definition) is 2. The lowest BCUT2D eigenvalue weighted by atomic mass is 9.64. The molecular weight excluding hydrogens is 292 g/mol. The zero-order chi connectivity index (χ0) is 16.8. The SMILES string of the molecule is COc1ccc([C@H]2c3c(n[nH]c3C)C[C@@](C)(O)[C@@H]2C(C)=O)cc1. The van der Waals surface area contributed by atoms with Crippen molar-refractivity contribution in [2.24, 2.45) is 5.92 Å². The van der Waals surface area contributed by atoms with Crippen molar-refractivity contribution in [2.45, 2.75) is 38.7 Å². The third-order valence-electron chi connectivity index (χ3n) is 4.83. The molecule has 122 valence electrons. The number of Topliss-reactive ketones (excluding diaryl/α,β-unsaturated/α-hetero) is 1. The summed E-state index contributed by atoms with van der Waals surface area (Å²) in [6.07, 6.45) is 0.379. The van der Waals surface area contributed by atoms with E-state index >= 15 is 0 Å². The Morgan fingerprint density at radius 2 is 2.04 bits per heavy atom. The number of aromatic nitrogens is 2. The molecule has 2 N–H and O–H groups in total. The molecule has 0 saturated heterocycles. The van der Waals surface area contributed by atoms with E-state index < -0.39 is 11.5 Å². The molecule has 1 aliphatic carbocycles. The third kappa shape index (κ3) is 2.55. The van der Waals surface area contributed by atoms with Crippen molar-refractivity contribution in [3.05, 3.63) is 46.8 Å². The molecule has 1 aromatic carbocycles. The van der Waals surface area contributed by atoms with Gasteiger partial charge >= 0.3 is 0 Å². The summed E-state index contributed by atoms with van der Waals surface area (Å²) < 4.78 is 5.22. The summed E-state index contributed by atoms with van der Waals surface area (Å²) in [5, 5.41) is 18.2. The quantitative estimate of drug-likeness (QED) is 0.912. The van der Waals surface area contributed by atoms with Crippen LogP contribution in [0.5, 0.6) is 5.75 Å². The maximum Gasteiger partial charge on any atom is 0.136 e. The Hall–Kier alpha value is -2.14. The summed E-state index contributed by atoms with van der Waals surface area (Å²) in [4.78, 5) is 12.3. The molecule has 2 aromatic rings. The number of carbonyl (C=O) groups excluding carboxylic acids is 1. The number of nitrogens with zero attached hydrogens (tertiary/aromatic N) is 1. The molecule has 3 rings (SSSR count). The predicted octanol–water partition coefficient (Wildman–Crippen LogP) is 2.37. The third-order valence-corrected chi connectivity index (χ3v) is 4.83. The van der Waals surface area contributed by atoms with Gasteiger partial charge in [-0.25, -0.2) is 0 Å². The topological polar surface area (TPSA) is 75.2 Å². The number of aliphatic hydroxyl groups is 1. The van der Waals surface area contributed by atoms with Gasteiger partial charge in [0.05, 0.1) is 24.3 Å². The second-order valence-corrected chi connectivity index (χ2v) is 6.58. The summed E-state index contributed by atoms with van der Waals surface area (Å²) in [7, 11) is 1.62. The van der Waals surface area contributed by atoms with Gasteiger partial charge in [-0.3, -0.25) is 9.89 Å². The van der Waals surface area contributed by atoms with Crippen molar-refractivity contribution >= 4 is 5.78 Å². The number of fused-ring (bicyclic) bond motifs is 1. The lowest BCUT2D eigenvalue weighted by Crippen LogP contribution is -2.48. The first-order valence-corrected chi connectivity index (χ1v) is 7.75. The number of ether oxygens (including phenoxy) is 1. The first kappa shape index (κ1) is 15.7. The molecule has 0 bridgehead atoms. The molecule has 0 aliphatic heterocycles. The van der Waals surface area contributed by atoms with Crippen LogP contribution in [0.3, 0.4) is 0 Å². The standard InChI is InChI=1S/C18H22N2O3/c1-10-15-14(20-19-10)9-18(3,22)17(11(2)21)16(15)12-5-7-13(23-4)8-6-12/h5-8,16-17,22H,9H2,1-4H3,(H,19,20)/t16-,17+,18+/m0/s1. The first-order chi connectivity index (χ1) is 10.8. The van der Waals surface area contributed by atoms with E-state index in [9.17, 15) is 9.90 Å². The van der Waals surface area contributed by atoms with E-state index in [1.165, 1.54) is 0 Å². The van der Waals surface area contributed by atoms with Crippen LogP contribution in [-0.2, 0) is 11.2 Å². The fourth-order valence-electron chi connectivity index (χ4n) is 3.85. The van der Waals surface area contributed by atoms with Crippen LogP contribution in [0.2, 0.25) is 0 Å². The van der Waals surface area contributed by atoms with Crippen LogP contribution in [0.4, 0.5) is 0 Å². The first-order valence-electron chi connectivity index (χ1n) is 7.75. The normalized spacial score (nSPS) is 26.7. The molecule has 1 aromatic heterocycles. The van der Waals surface area contributed by atoms with Gasteiger partial charge in [0.1, 0.15) is 11.5 Å². The molecular formula is C18H22N2O3. The second kappa shape index (κ2) is 5.49. The fraction of sp³-hybridized carbons (Fsp3) is 0.444. The van der Waals surface area contributed by atoms with Gasteiger partial charge in [0.2, 0.25) is 0 Å². The molecule has 0 radical (unpaired) electrons. The summed E-state index contributed by atoms with van der Waals surface area (Å²) in [6.45, 7) is 5.23. The summed E-state index contributed by atoms with van der Waals surface area (Å²) in [5.41, 5.74) is 2.68. The highest BCUT2D eigenvalue weighted by Crippen LogP contribution is 2.46. The van der Waals surface area contributed by atoms with E-state index in [1.54, 1.807) is 21.0 Å².